The molecule has 3 aromatic heterocycles. The zero-order valence-corrected chi connectivity index (χ0v) is 20.3. The fourth-order valence-corrected chi connectivity index (χ4v) is 5.50. The molecule has 4 aromatic rings. The van der Waals surface area contributed by atoms with E-state index in [0.717, 1.165) is 54.2 Å². The summed E-state index contributed by atoms with van der Waals surface area (Å²) in [5, 5.41) is 0. The van der Waals surface area contributed by atoms with E-state index in [0.29, 0.717) is 12.5 Å². The average molecular weight is 468 g/mol. The van der Waals surface area contributed by atoms with Crippen LogP contribution in [0.3, 0.4) is 0 Å². The Morgan fingerprint density at radius 3 is 2.63 bits per heavy atom. The second-order valence-corrected chi connectivity index (χ2v) is 9.69. The lowest BCUT2D eigenvalue weighted by molar-refractivity contribution is -0.131. The number of hydrogen-bond acceptors (Lipinski definition) is 6. The lowest BCUT2D eigenvalue weighted by atomic mass is 10.0. The van der Waals surface area contributed by atoms with Gasteiger partial charge in [0, 0.05) is 57.0 Å². The maximum absolute atomic E-state index is 11.8. The number of carbonyl (C=O) groups is 1. The van der Waals surface area contributed by atoms with Crippen molar-refractivity contribution < 1.29 is 4.79 Å². The molecule has 6 rings (SSSR count). The number of aryl methyl sites for hydroxylation is 2. The molecular weight excluding hydrogens is 438 g/mol. The van der Waals surface area contributed by atoms with Crippen LogP contribution in [0.4, 0.5) is 5.95 Å². The lowest BCUT2D eigenvalue weighted by Crippen LogP contribution is -2.53. The molecule has 0 saturated carbocycles. The predicted octanol–water partition coefficient (Wildman–Crippen LogP) is 3.79. The van der Waals surface area contributed by atoms with Gasteiger partial charge in [0.2, 0.25) is 11.9 Å². The molecular formula is C27H29N7O. The SMILES string of the molecule is CC(=O)N1CCN(c2ncc(-c3ccc4nc5n(c4n3)[C@@H](c3cccc(C)c3)CC5)cn2)C[C@H]1C. The second-order valence-electron chi connectivity index (χ2n) is 9.69. The third-order valence-corrected chi connectivity index (χ3v) is 7.24. The van der Waals surface area contributed by atoms with E-state index in [1.807, 2.05) is 29.4 Å². The summed E-state index contributed by atoms with van der Waals surface area (Å²) >= 11 is 0. The van der Waals surface area contributed by atoms with Crippen molar-refractivity contribution in [1.29, 1.82) is 0 Å². The molecule has 178 valence electrons. The Morgan fingerprint density at radius 1 is 1.06 bits per heavy atom. The summed E-state index contributed by atoms with van der Waals surface area (Å²) in [5.74, 6) is 1.90. The zero-order valence-electron chi connectivity index (χ0n) is 20.3. The molecule has 0 unspecified atom stereocenters. The van der Waals surface area contributed by atoms with Crippen molar-refractivity contribution >= 4 is 23.0 Å². The smallest absolute Gasteiger partial charge is 0.225 e. The highest BCUT2D eigenvalue weighted by Gasteiger charge is 2.29. The van der Waals surface area contributed by atoms with Crippen LogP contribution in [0.5, 0.6) is 0 Å². The van der Waals surface area contributed by atoms with Gasteiger partial charge in [0.25, 0.3) is 0 Å². The normalized spacial score (nSPS) is 19.9. The van der Waals surface area contributed by atoms with Gasteiger partial charge in [0.1, 0.15) is 11.3 Å². The molecule has 8 nitrogen and oxygen atoms in total. The molecule has 1 fully saturated rings. The molecule has 1 amide bonds. The average Bonchev–Trinajstić information content (AvgIpc) is 3.43. The number of anilines is 1. The fourth-order valence-electron chi connectivity index (χ4n) is 5.50. The quantitative estimate of drug-likeness (QED) is 0.456. The number of piperazine rings is 1. The van der Waals surface area contributed by atoms with E-state index < -0.39 is 0 Å². The number of benzene rings is 1. The van der Waals surface area contributed by atoms with E-state index in [9.17, 15) is 4.79 Å². The van der Waals surface area contributed by atoms with Gasteiger partial charge in [0.15, 0.2) is 5.65 Å². The first kappa shape index (κ1) is 21.7. The van der Waals surface area contributed by atoms with Crippen LogP contribution in [0.2, 0.25) is 0 Å². The van der Waals surface area contributed by atoms with Gasteiger partial charge in [-0.2, -0.15) is 0 Å². The molecule has 0 spiro atoms. The molecule has 1 saturated heterocycles. The van der Waals surface area contributed by atoms with Crippen LogP contribution in [0, 0.1) is 6.92 Å². The number of hydrogen-bond donors (Lipinski definition) is 0. The molecule has 0 N–H and O–H groups in total. The van der Waals surface area contributed by atoms with E-state index in [-0.39, 0.29) is 18.0 Å². The van der Waals surface area contributed by atoms with E-state index in [1.165, 1.54) is 11.1 Å². The maximum atomic E-state index is 11.8. The standard InChI is InChI=1S/C27H29N7O/c1-17-5-4-6-20(13-17)24-9-10-25-30-23-8-7-22(31-26(23)34(24)25)21-14-28-27(29-15-21)32-11-12-33(19(3)35)18(2)16-32/h4-8,13-15,18,24H,9-12,16H2,1-3H3/t18-,24-/m1/s1. The Hall–Kier alpha value is -3.81. The Bertz CT molecular complexity index is 1410. The van der Waals surface area contributed by atoms with Gasteiger partial charge in [-0.1, -0.05) is 29.8 Å². The van der Waals surface area contributed by atoms with Crippen molar-refractivity contribution in [3.63, 3.8) is 0 Å². The summed E-state index contributed by atoms with van der Waals surface area (Å²) < 4.78 is 2.30. The minimum atomic E-state index is 0.117. The molecule has 1 aromatic carbocycles. The summed E-state index contributed by atoms with van der Waals surface area (Å²) in [6, 6.07) is 13.2. The monoisotopic (exact) mass is 467 g/mol. The number of fused-ring (bicyclic) bond motifs is 3. The van der Waals surface area contributed by atoms with E-state index in [1.54, 1.807) is 6.92 Å². The summed E-state index contributed by atoms with van der Waals surface area (Å²) in [5.41, 5.74) is 6.14. The Balaban J connectivity index is 1.29. The maximum Gasteiger partial charge on any atom is 0.225 e. The van der Waals surface area contributed by atoms with Gasteiger partial charge in [-0.15, -0.1) is 0 Å². The Morgan fingerprint density at radius 2 is 1.89 bits per heavy atom. The minimum Gasteiger partial charge on any atom is -0.337 e. The number of imidazole rings is 1. The highest BCUT2D eigenvalue weighted by Crippen LogP contribution is 2.35. The van der Waals surface area contributed by atoms with Crippen LogP contribution in [-0.2, 0) is 11.2 Å². The Labute approximate surface area is 204 Å². The topological polar surface area (TPSA) is 80.0 Å². The van der Waals surface area contributed by atoms with Crippen LogP contribution in [-0.4, -0.2) is 61.0 Å². The van der Waals surface area contributed by atoms with Crippen LogP contribution < -0.4 is 4.90 Å². The second kappa shape index (κ2) is 8.45. The molecule has 0 aliphatic carbocycles. The van der Waals surface area contributed by atoms with Crippen molar-refractivity contribution in [2.24, 2.45) is 0 Å². The molecule has 5 heterocycles. The van der Waals surface area contributed by atoms with Crippen LogP contribution in [0.1, 0.15) is 43.3 Å². The number of nitrogens with zero attached hydrogens (tertiary/aromatic N) is 7. The van der Waals surface area contributed by atoms with Gasteiger partial charge in [-0.25, -0.2) is 19.9 Å². The predicted molar refractivity (Wildman–Crippen MR) is 135 cm³/mol. The van der Waals surface area contributed by atoms with Crippen LogP contribution >= 0.6 is 0 Å². The van der Waals surface area contributed by atoms with Gasteiger partial charge in [0.05, 0.1) is 11.7 Å². The zero-order chi connectivity index (χ0) is 24.1. The van der Waals surface area contributed by atoms with Crippen molar-refractivity contribution in [2.75, 3.05) is 24.5 Å². The molecule has 0 radical (unpaired) electrons. The first-order valence-corrected chi connectivity index (χ1v) is 12.3. The molecule has 2 aliphatic rings. The lowest BCUT2D eigenvalue weighted by Gasteiger charge is -2.39. The molecule has 35 heavy (non-hydrogen) atoms. The van der Waals surface area contributed by atoms with Crippen molar-refractivity contribution in [3.8, 4) is 11.3 Å². The molecule has 8 heteroatoms. The number of rotatable bonds is 3. The van der Waals surface area contributed by atoms with Gasteiger partial charge in [-0.05, 0) is 38.0 Å². The fraction of sp³-hybridized carbons (Fsp3) is 0.370. The number of pyridine rings is 1. The van der Waals surface area contributed by atoms with E-state index in [2.05, 4.69) is 57.5 Å². The van der Waals surface area contributed by atoms with Gasteiger partial charge >= 0.3 is 0 Å². The third kappa shape index (κ3) is 3.83. The highest BCUT2D eigenvalue weighted by molar-refractivity contribution is 5.77. The van der Waals surface area contributed by atoms with Crippen molar-refractivity contribution in [3.05, 3.63) is 65.7 Å². The molecule has 2 aliphatic heterocycles. The summed E-state index contributed by atoms with van der Waals surface area (Å²) in [6.07, 6.45) is 5.69. The summed E-state index contributed by atoms with van der Waals surface area (Å²) in [6.45, 7) is 7.97. The first-order valence-electron chi connectivity index (χ1n) is 12.3. The number of amides is 1. The summed E-state index contributed by atoms with van der Waals surface area (Å²) in [4.78, 5) is 35.0. The van der Waals surface area contributed by atoms with Crippen LogP contribution in [0.25, 0.3) is 22.4 Å². The van der Waals surface area contributed by atoms with Crippen LogP contribution in [0.15, 0.2) is 48.8 Å². The van der Waals surface area contributed by atoms with Crippen molar-refractivity contribution in [1.82, 2.24) is 29.4 Å². The third-order valence-electron chi connectivity index (χ3n) is 7.24. The van der Waals surface area contributed by atoms with E-state index in [4.69, 9.17) is 9.97 Å². The highest BCUT2D eigenvalue weighted by atomic mass is 16.2. The molecule has 0 bridgehead atoms. The van der Waals surface area contributed by atoms with Gasteiger partial charge < -0.3 is 14.4 Å². The summed E-state index contributed by atoms with van der Waals surface area (Å²) in [7, 11) is 0. The van der Waals surface area contributed by atoms with E-state index >= 15 is 0 Å². The number of aromatic nitrogens is 5. The van der Waals surface area contributed by atoms with Gasteiger partial charge in [-0.3, -0.25) is 4.79 Å². The van der Waals surface area contributed by atoms with Crippen molar-refractivity contribution in [2.45, 2.75) is 45.7 Å². The largest absolute Gasteiger partial charge is 0.337 e. The number of carbonyl (C=O) groups excluding carboxylic acids is 1. The minimum absolute atomic E-state index is 0.117. The molecule has 2 atom stereocenters. The Kier molecular flexibility index (Phi) is 5.24. The first-order chi connectivity index (χ1) is 17.0.